The van der Waals surface area contributed by atoms with Gasteiger partial charge in [-0.25, -0.2) is 0 Å². The van der Waals surface area contributed by atoms with E-state index in [0.717, 1.165) is 21.4 Å². The van der Waals surface area contributed by atoms with Crippen LogP contribution in [0.3, 0.4) is 0 Å². The Morgan fingerprint density at radius 2 is 1.29 bits per heavy atom. The maximum absolute atomic E-state index is 9.91. The molecule has 0 spiro atoms. The number of carbonyl (C=O) groups is 2. The minimum absolute atomic E-state index is 0.349. The van der Waals surface area contributed by atoms with E-state index in [4.69, 9.17) is 0 Å². The number of hydrogen-bond acceptors (Lipinski definition) is 2. The zero-order chi connectivity index (χ0) is 10.2. The average Bonchev–Trinajstić information content (AvgIpc) is 2.92. The molecule has 0 unspecified atom stereocenters. The molecule has 0 saturated carbocycles. The Kier molecular flexibility index (Phi) is 5.50. The minimum atomic E-state index is 0.349. The first-order chi connectivity index (χ1) is 6.86. The second-order valence-electron chi connectivity index (χ2n) is 2.27. The van der Waals surface area contributed by atoms with Crippen LogP contribution in [0.2, 0.25) is 0 Å². The maximum atomic E-state index is 9.91. The molecule has 2 rings (SSSR count). The van der Waals surface area contributed by atoms with Crippen molar-refractivity contribution in [1.82, 2.24) is 0 Å². The van der Waals surface area contributed by atoms with Gasteiger partial charge in [0, 0.05) is 0 Å². The molecular formula is C10H8O2Se2. The Morgan fingerprint density at radius 3 is 1.43 bits per heavy atom. The quantitative estimate of drug-likeness (QED) is 0.614. The van der Waals surface area contributed by atoms with E-state index in [1.54, 1.807) is 0 Å². The van der Waals surface area contributed by atoms with Crippen LogP contribution in [0.15, 0.2) is 34.1 Å². The summed E-state index contributed by atoms with van der Waals surface area (Å²) in [5, 5.41) is 0. The molecule has 0 atom stereocenters. The molecule has 0 saturated heterocycles. The van der Waals surface area contributed by atoms with Gasteiger partial charge in [0.05, 0.1) is 0 Å². The van der Waals surface area contributed by atoms with Crippen molar-refractivity contribution in [3.63, 3.8) is 0 Å². The first-order valence-electron chi connectivity index (χ1n) is 3.84. The van der Waals surface area contributed by atoms with Crippen LogP contribution in [-0.2, 0) is 0 Å². The van der Waals surface area contributed by atoms with E-state index in [1.165, 1.54) is 0 Å². The third-order valence-electron chi connectivity index (χ3n) is 1.32. The standard InChI is InChI=1S/2C5H4OSe/c2*6-4-5-2-1-3-7-5/h2*1-4H. The van der Waals surface area contributed by atoms with Gasteiger partial charge < -0.3 is 0 Å². The molecule has 0 aromatic carbocycles. The van der Waals surface area contributed by atoms with Crippen molar-refractivity contribution in [3.8, 4) is 0 Å². The Bertz CT molecular complexity index is 324. The molecule has 2 aromatic heterocycles. The van der Waals surface area contributed by atoms with Crippen molar-refractivity contribution in [2.45, 2.75) is 0 Å². The van der Waals surface area contributed by atoms with Gasteiger partial charge in [0.1, 0.15) is 0 Å². The summed E-state index contributed by atoms with van der Waals surface area (Å²) in [4.78, 5) is 23.9. The van der Waals surface area contributed by atoms with E-state index < -0.39 is 0 Å². The number of hydrogen-bond donors (Lipinski definition) is 0. The van der Waals surface area contributed by atoms with Crippen molar-refractivity contribution >= 4 is 41.6 Å². The van der Waals surface area contributed by atoms with Crippen molar-refractivity contribution in [1.29, 1.82) is 0 Å². The van der Waals surface area contributed by atoms with E-state index in [0.29, 0.717) is 29.0 Å². The van der Waals surface area contributed by atoms with Crippen LogP contribution >= 0.6 is 0 Å². The number of aldehydes is 2. The predicted molar refractivity (Wildman–Crippen MR) is 57.5 cm³/mol. The molecule has 2 aromatic rings. The van der Waals surface area contributed by atoms with Gasteiger partial charge in [-0.15, -0.1) is 0 Å². The third kappa shape index (κ3) is 4.03. The Morgan fingerprint density at radius 1 is 0.857 bits per heavy atom. The first-order valence-corrected chi connectivity index (χ1v) is 7.53. The summed E-state index contributed by atoms with van der Waals surface area (Å²) < 4.78 is 1.88. The predicted octanol–water partition coefficient (Wildman–Crippen LogP) is 1.11. The molecule has 0 N–H and O–H groups in total. The van der Waals surface area contributed by atoms with Gasteiger partial charge in [0.2, 0.25) is 0 Å². The van der Waals surface area contributed by atoms with Gasteiger partial charge in [0.15, 0.2) is 0 Å². The fourth-order valence-electron chi connectivity index (χ4n) is 0.717. The molecule has 2 heterocycles. The SMILES string of the molecule is O=Cc1ccc[se]1.O=Cc1ccc[se]1. The molecule has 4 heteroatoms. The summed E-state index contributed by atoms with van der Waals surface area (Å²) >= 11 is 0.698. The monoisotopic (exact) mass is 320 g/mol. The van der Waals surface area contributed by atoms with Crippen LogP contribution in [0.4, 0.5) is 0 Å². The second-order valence-corrected chi connectivity index (χ2v) is 6.38. The zero-order valence-corrected chi connectivity index (χ0v) is 10.7. The van der Waals surface area contributed by atoms with E-state index in [9.17, 15) is 9.59 Å². The molecule has 0 aliphatic rings. The van der Waals surface area contributed by atoms with Crippen molar-refractivity contribution in [3.05, 3.63) is 43.0 Å². The van der Waals surface area contributed by atoms with Crippen molar-refractivity contribution < 1.29 is 9.59 Å². The molecule has 2 nitrogen and oxygen atoms in total. The summed E-state index contributed by atoms with van der Waals surface area (Å²) in [6, 6.07) is 7.55. The molecule has 0 aliphatic carbocycles. The molecule has 72 valence electrons. The van der Waals surface area contributed by atoms with Crippen LogP contribution in [0.1, 0.15) is 18.5 Å². The second kappa shape index (κ2) is 6.74. The van der Waals surface area contributed by atoms with E-state index in [2.05, 4.69) is 0 Å². The fraction of sp³-hybridized carbons (Fsp3) is 0. The van der Waals surface area contributed by atoms with Crippen molar-refractivity contribution in [2.75, 3.05) is 0 Å². The van der Waals surface area contributed by atoms with Crippen molar-refractivity contribution in [2.24, 2.45) is 0 Å². The summed E-state index contributed by atoms with van der Waals surface area (Å²) in [6.45, 7) is 0. The number of rotatable bonds is 2. The molecule has 14 heavy (non-hydrogen) atoms. The van der Waals surface area contributed by atoms with Crippen LogP contribution in [0.5, 0.6) is 0 Å². The van der Waals surface area contributed by atoms with Gasteiger partial charge in [0.25, 0.3) is 0 Å². The summed E-state index contributed by atoms with van der Waals surface area (Å²) in [7, 11) is 0. The molecule has 0 radical (unpaired) electrons. The van der Waals surface area contributed by atoms with Crippen LogP contribution in [0.25, 0.3) is 0 Å². The van der Waals surface area contributed by atoms with Gasteiger partial charge >= 0.3 is 94.2 Å². The van der Waals surface area contributed by atoms with E-state index in [-0.39, 0.29) is 0 Å². The first kappa shape index (κ1) is 11.4. The van der Waals surface area contributed by atoms with Crippen LogP contribution in [0, 0.1) is 0 Å². The average molecular weight is 318 g/mol. The molecule has 0 bridgehead atoms. The van der Waals surface area contributed by atoms with Crippen LogP contribution in [-0.4, -0.2) is 41.6 Å². The van der Waals surface area contributed by atoms with E-state index >= 15 is 0 Å². The Labute approximate surface area is 94.1 Å². The Hall–Kier alpha value is -0.661. The zero-order valence-electron chi connectivity index (χ0n) is 7.25. The van der Waals surface area contributed by atoms with Gasteiger partial charge in [-0.05, 0) is 0 Å². The number of carbonyl (C=O) groups excluding carboxylic acids is 2. The van der Waals surface area contributed by atoms with E-state index in [1.807, 2.05) is 34.1 Å². The van der Waals surface area contributed by atoms with Gasteiger partial charge in [-0.2, -0.15) is 0 Å². The molecule has 0 amide bonds. The molecular weight excluding hydrogens is 310 g/mol. The van der Waals surface area contributed by atoms with Gasteiger partial charge in [-0.1, -0.05) is 0 Å². The molecule has 0 fully saturated rings. The summed E-state index contributed by atoms with van der Waals surface area (Å²) in [5.74, 6) is 0. The normalized spacial score (nSPS) is 8.57. The topological polar surface area (TPSA) is 34.1 Å². The van der Waals surface area contributed by atoms with Crippen LogP contribution < -0.4 is 0 Å². The molecule has 0 aliphatic heterocycles. The fourth-order valence-corrected chi connectivity index (χ4v) is 2.93. The third-order valence-corrected chi connectivity index (χ3v) is 4.67. The summed E-state index contributed by atoms with van der Waals surface area (Å²) in [5.41, 5.74) is 0. The summed E-state index contributed by atoms with van der Waals surface area (Å²) in [6.07, 6.45) is 1.83. The Balaban J connectivity index is 0.000000140. The van der Waals surface area contributed by atoms with Gasteiger partial charge in [-0.3, -0.25) is 0 Å².